The van der Waals surface area contributed by atoms with Gasteiger partial charge in [-0.2, -0.15) is 18.3 Å². The molecule has 2 aromatic heterocycles. The molecule has 0 spiro atoms. The van der Waals surface area contributed by atoms with E-state index in [-0.39, 0.29) is 30.6 Å². The molecule has 2 amide bonds. The van der Waals surface area contributed by atoms with Gasteiger partial charge >= 0.3 is 6.18 Å². The van der Waals surface area contributed by atoms with Crippen molar-refractivity contribution in [1.82, 2.24) is 20.5 Å². The molecule has 2 N–H and O–H groups in total. The first kappa shape index (κ1) is 22.7. The van der Waals surface area contributed by atoms with Crippen molar-refractivity contribution < 1.29 is 22.8 Å². The number of nitrogens with one attached hydrogen (secondary N) is 2. The Labute approximate surface area is 170 Å². The molecule has 0 aromatic carbocycles. The number of halogens is 4. The van der Waals surface area contributed by atoms with Crippen LogP contribution in [0.3, 0.4) is 0 Å². The fraction of sp³-hybridized carbons (Fsp3) is 0.444. The number of rotatable bonds is 8. The highest BCUT2D eigenvalue weighted by Gasteiger charge is 2.33. The van der Waals surface area contributed by atoms with E-state index in [2.05, 4.69) is 20.5 Å². The fourth-order valence-electron chi connectivity index (χ4n) is 2.77. The van der Waals surface area contributed by atoms with Crippen LogP contribution >= 0.6 is 11.6 Å². The summed E-state index contributed by atoms with van der Waals surface area (Å²) >= 11 is 6.19. The van der Waals surface area contributed by atoms with Gasteiger partial charge < -0.3 is 10.2 Å². The molecule has 0 fully saturated rings. The molecule has 0 bridgehead atoms. The Balaban J connectivity index is 2.04. The van der Waals surface area contributed by atoms with Gasteiger partial charge in [-0.15, -0.1) is 0 Å². The third-order valence-electron chi connectivity index (χ3n) is 4.14. The summed E-state index contributed by atoms with van der Waals surface area (Å²) < 4.78 is 37.1. The Hall–Kier alpha value is -2.62. The lowest BCUT2D eigenvalue weighted by molar-refractivity contribution is -0.152. The Morgan fingerprint density at radius 3 is 2.69 bits per heavy atom. The van der Waals surface area contributed by atoms with Crippen LogP contribution in [0.25, 0.3) is 11.3 Å². The number of amides is 2. The maximum absolute atomic E-state index is 12.7. The van der Waals surface area contributed by atoms with E-state index < -0.39 is 24.4 Å². The first-order chi connectivity index (χ1) is 13.6. The number of carbonyl (C=O) groups is 2. The van der Waals surface area contributed by atoms with Gasteiger partial charge in [-0.05, 0) is 19.1 Å². The highest BCUT2D eigenvalue weighted by molar-refractivity contribution is 6.33. The average molecular weight is 432 g/mol. The fourth-order valence-corrected chi connectivity index (χ4v) is 3.00. The van der Waals surface area contributed by atoms with Crippen molar-refractivity contribution in [2.75, 3.05) is 18.0 Å². The SMILES string of the molecule is CCN(C(=O)CCNC(=O)C(C)CC(F)(F)F)c1c(-c2cccnc2)n[nH]c1Cl. The number of hydrogen-bond acceptors (Lipinski definition) is 4. The number of H-pyrrole nitrogens is 1. The zero-order chi connectivity index (χ0) is 21.6. The van der Waals surface area contributed by atoms with Crippen LogP contribution in [0.2, 0.25) is 5.15 Å². The summed E-state index contributed by atoms with van der Waals surface area (Å²) in [4.78, 5) is 29.9. The Morgan fingerprint density at radius 2 is 2.10 bits per heavy atom. The number of anilines is 1. The van der Waals surface area contributed by atoms with E-state index in [9.17, 15) is 22.8 Å². The van der Waals surface area contributed by atoms with E-state index in [0.29, 0.717) is 16.9 Å². The van der Waals surface area contributed by atoms with Gasteiger partial charge in [0, 0.05) is 43.4 Å². The molecule has 11 heteroatoms. The van der Waals surface area contributed by atoms with E-state index in [1.54, 1.807) is 31.5 Å². The third-order valence-corrected chi connectivity index (χ3v) is 4.41. The first-order valence-corrected chi connectivity index (χ1v) is 9.31. The summed E-state index contributed by atoms with van der Waals surface area (Å²) in [5.74, 6) is -2.34. The summed E-state index contributed by atoms with van der Waals surface area (Å²) in [5, 5.41) is 9.31. The summed E-state index contributed by atoms with van der Waals surface area (Å²) in [5.41, 5.74) is 1.48. The number of aromatic nitrogens is 3. The minimum Gasteiger partial charge on any atom is -0.355 e. The Bertz CT molecular complexity index is 842. The zero-order valence-electron chi connectivity index (χ0n) is 15.9. The van der Waals surface area contributed by atoms with Gasteiger partial charge in [0.15, 0.2) is 0 Å². The van der Waals surface area contributed by atoms with Gasteiger partial charge in [-0.1, -0.05) is 18.5 Å². The van der Waals surface area contributed by atoms with Crippen molar-refractivity contribution in [2.24, 2.45) is 5.92 Å². The summed E-state index contributed by atoms with van der Waals surface area (Å²) in [6.45, 7) is 3.13. The van der Waals surface area contributed by atoms with Crippen LogP contribution in [0.5, 0.6) is 0 Å². The van der Waals surface area contributed by atoms with Crippen LogP contribution in [0.15, 0.2) is 24.5 Å². The van der Waals surface area contributed by atoms with Gasteiger partial charge in [-0.3, -0.25) is 19.7 Å². The number of carbonyl (C=O) groups excluding carboxylic acids is 2. The largest absolute Gasteiger partial charge is 0.389 e. The molecule has 1 atom stereocenters. The predicted octanol–water partition coefficient (Wildman–Crippen LogP) is 3.57. The minimum absolute atomic E-state index is 0.0892. The maximum Gasteiger partial charge on any atom is 0.389 e. The topological polar surface area (TPSA) is 91.0 Å². The van der Waals surface area contributed by atoms with Gasteiger partial charge in [0.2, 0.25) is 11.8 Å². The molecule has 0 aliphatic rings. The molecule has 0 saturated heterocycles. The van der Waals surface area contributed by atoms with Crippen molar-refractivity contribution in [3.63, 3.8) is 0 Å². The number of pyridine rings is 1. The average Bonchev–Trinajstić information content (AvgIpc) is 3.03. The molecule has 2 aromatic rings. The minimum atomic E-state index is -4.42. The zero-order valence-corrected chi connectivity index (χ0v) is 16.6. The summed E-state index contributed by atoms with van der Waals surface area (Å²) in [6.07, 6.45) is -2.56. The second-order valence-electron chi connectivity index (χ2n) is 6.38. The monoisotopic (exact) mass is 431 g/mol. The third kappa shape index (κ3) is 6.18. The van der Waals surface area contributed by atoms with Crippen molar-refractivity contribution in [3.8, 4) is 11.3 Å². The van der Waals surface area contributed by atoms with Crippen LogP contribution in [-0.4, -0.2) is 46.3 Å². The maximum atomic E-state index is 12.7. The molecular weight excluding hydrogens is 411 g/mol. The van der Waals surface area contributed by atoms with E-state index in [4.69, 9.17) is 11.6 Å². The smallest absolute Gasteiger partial charge is 0.355 e. The second-order valence-corrected chi connectivity index (χ2v) is 6.75. The molecular formula is C18H21ClF3N5O2. The lowest BCUT2D eigenvalue weighted by atomic mass is 10.1. The molecule has 2 heterocycles. The van der Waals surface area contributed by atoms with E-state index >= 15 is 0 Å². The molecule has 29 heavy (non-hydrogen) atoms. The molecule has 0 radical (unpaired) electrons. The Kier molecular flexibility index (Phi) is 7.60. The number of hydrogen-bond donors (Lipinski definition) is 2. The van der Waals surface area contributed by atoms with Crippen LogP contribution in [0, 0.1) is 5.92 Å². The number of alkyl halides is 3. The molecule has 2 rings (SSSR count). The summed E-state index contributed by atoms with van der Waals surface area (Å²) in [6, 6.07) is 3.49. The van der Waals surface area contributed by atoms with Gasteiger partial charge in [-0.25, -0.2) is 0 Å². The molecule has 0 aliphatic carbocycles. The van der Waals surface area contributed by atoms with Crippen molar-refractivity contribution in [1.29, 1.82) is 0 Å². The van der Waals surface area contributed by atoms with Crippen molar-refractivity contribution in [2.45, 2.75) is 32.9 Å². The van der Waals surface area contributed by atoms with Crippen LogP contribution < -0.4 is 10.2 Å². The molecule has 0 saturated carbocycles. The lowest BCUT2D eigenvalue weighted by Crippen LogP contribution is -2.37. The highest BCUT2D eigenvalue weighted by Crippen LogP contribution is 2.34. The van der Waals surface area contributed by atoms with Crippen molar-refractivity contribution in [3.05, 3.63) is 29.7 Å². The highest BCUT2D eigenvalue weighted by atomic mass is 35.5. The molecule has 158 valence electrons. The van der Waals surface area contributed by atoms with Gasteiger partial charge in [0.05, 0.1) is 6.42 Å². The Morgan fingerprint density at radius 1 is 1.38 bits per heavy atom. The molecule has 0 aliphatic heterocycles. The van der Waals surface area contributed by atoms with E-state index in [0.717, 1.165) is 0 Å². The number of nitrogens with zero attached hydrogens (tertiary/aromatic N) is 3. The second kappa shape index (κ2) is 9.73. The summed E-state index contributed by atoms with van der Waals surface area (Å²) in [7, 11) is 0. The lowest BCUT2D eigenvalue weighted by Gasteiger charge is -2.22. The van der Waals surface area contributed by atoms with E-state index in [1.807, 2.05) is 0 Å². The standard InChI is InChI=1S/C18H21ClF3N5O2/c1-3-27(13(28)6-8-24-17(29)11(2)9-18(20,21)22)15-14(25-26-16(15)19)12-5-4-7-23-10-12/h4-5,7,10-11H,3,6,8-9H2,1-2H3,(H,24,29)(H,25,26). The van der Waals surface area contributed by atoms with E-state index in [1.165, 1.54) is 11.8 Å². The normalized spacial score (nSPS) is 12.5. The first-order valence-electron chi connectivity index (χ1n) is 8.93. The predicted molar refractivity (Wildman–Crippen MR) is 102 cm³/mol. The van der Waals surface area contributed by atoms with Gasteiger partial charge in [0.1, 0.15) is 16.5 Å². The van der Waals surface area contributed by atoms with Crippen molar-refractivity contribution >= 4 is 29.1 Å². The quantitative estimate of drug-likeness (QED) is 0.668. The van der Waals surface area contributed by atoms with Crippen LogP contribution in [-0.2, 0) is 9.59 Å². The molecule has 7 nitrogen and oxygen atoms in total. The van der Waals surface area contributed by atoms with Crippen LogP contribution in [0.4, 0.5) is 18.9 Å². The number of aromatic amines is 1. The van der Waals surface area contributed by atoms with Crippen LogP contribution in [0.1, 0.15) is 26.7 Å². The molecule has 1 unspecified atom stereocenters. The van der Waals surface area contributed by atoms with Gasteiger partial charge in [0.25, 0.3) is 0 Å².